The van der Waals surface area contributed by atoms with Gasteiger partial charge in [-0.05, 0) is 56.5 Å². The molecule has 2 aromatic rings. The molecule has 8 heteroatoms. The third-order valence-electron chi connectivity index (χ3n) is 6.50. The SMILES string of the molecule is Cc1ccc(S(=O)(=O)N2CCCC(C(=O)N3CCN(c4cc(Cl)ccc4C)CC3)C2)cc1. The van der Waals surface area contributed by atoms with E-state index in [9.17, 15) is 13.2 Å². The molecule has 1 atom stereocenters. The molecule has 2 fully saturated rings. The number of carbonyl (C=O) groups is 1. The van der Waals surface area contributed by atoms with Crippen molar-refractivity contribution in [1.29, 1.82) is 0 Å². The smallest absolute Gasteiger partial charge is 0.243 e. The van der Waals surface area contributed by atoms with Gasteiger partial charge < -0.3 is 9.80 Å². The minimum atomic E-state index is -3.59. The largest absolute Gasteiger partial charge is 0.368 e. The van der Waals surface area contributed by atoms with E-state index in [2.05, 4.69) is 11.8 Å². The third-order valence-corrected chi connectivity index (χ3v) is 8.61. The molecule has 0 aromatic heterocycles. The van der Waals surface area contributed by atoms with Gasteiger partial charge in [0.2, 0.25) is 15.9 Å². The van der Waals surface area contributed by atoms with Gasteiger partial charge in [-0.1, -0.05) is 35.4 Å². The van der Waals surface area contributed by atoms with Gasteiger partial charge in [-0.15, -0.1) is 0 Å². The highest BCUT2D eigenvalue weighted by Gasteiger charge is 2.36. The predicted molar refractivity (Wildman–Crippen MR) is 128 cm³/mol. The Labute approximate surface area is 195 Å². The van der Waals surface area contributed by atoms with Crippen LogP contribution in [0, 0.1) is 19.8 Å². The van der Waals surface area contributed by atoms with Gasteiger partial charge in [0.25, 0.3) is 0 Å². The molecule has 0 radical (unpaired) electrons. The first-order valence-electron chi connectivity index (χ1n) is 11.1. The predicted octanol–water partition coefficient (Wildman–Crippen LogP) is 3.71. The van der Waals surface area contributed by atoms with Crippen LogP contribution >= 0.6 is 11.6 Å². The summed E-state index contributed by atoms with van der Waals surface area (Å²) in [6.07, 6.45) is 1.43. The number of piperazine rings is 1. The molecule has 0 aliphatic carbocycles. The molecule has 1 amide bonds. The topological polar surface area (TPSA) is 60.9 Å². The Morgan fingerprint density at radius 1 is 0.969 bits per heavy atom. The van der Waals surface area contributed by atoms with Crippen molar-refractivity contribution in [3.05, 3.63) is 58.6 Å². The van der Waals surface area contributed by atoms with Crippen molar-refractivity contribution in [1.82, 2.24) is 9.21 Å². The van der Waals surface area contributed by atoms with E-state index in [4.69, 9.17) is 11.6 Å². The maximum absolute atomic E-state index is 13.2. The number of aryl methyl sites for hydroxylation is 2. The van der Waals surface area contributed by atoms with E-state index in [1.165, 1.54) is 9.87 Å². The molecule has 0 N–H and O–H groups in total. The van der Waals surface area contributed by atoms with E-state index in [-0.39, 0.29) is 18.4 Å². The monoisotopic (exact) mass is 475 g/mol. The van der Waals surface area contributed by atoms with Crippen LogP contribution in [-0.4, -0.2) is 62.8 Å². The van der Waals surface area contributed by atoms with Crippen LogP contribution in [0.1, 0.15) is 24.0 Å². The van der Waals surface area contributed by atoms with Crippen LogP contribution in [0.2, 0.25) is 5.02 Å². The summed E-state index contributed by atoms with van der Waals surface area (Å²) in [5, 5.41) is 0.709. The zero-order valence-electron chi connectivity index (χ0n) is 18.6. The van der Waals surface area contributed by atoms with Crippen LogP contribution in [0.15, 0.2) is 47.4 Å². The molecule has 2 aromatic carbocycles. The number of rotatable bonds is 4. The van der Waals surface area contributed by atoms with Crippen LogP contribution < -0.4 is 4.90 Å². The first kappa shape index (κ1) is 23.1. The summed E-state index contributed by atoms with van der Waals surface area (Å²) in [7, 11) is -3.59. The second kappa shape index (κ2) is 9.41. The molecule has 0 saturated carbocycles. The molecule has 2 saturated heterocycles. The first-order valence-corrected chi connectivity index (χ1v) is 12.9. The van der Waals surface area contributed by atoms with Crippen molar-refractivity contribution in [3.63, 3.8) is 0 Å². The molecular weight excluding hydrogens is 446 g/mol. The molecule has 0 spiro atoms. The van der Waals surface area contributed by atoms with Crippen LogP contribution in [0.3, 0.4) is 0 Å². The van der Waals surface area contributed by atoms with Crippen molar-refractivity contribution in [2.45, 2.75) is 31.6 Å². The summed E-state index contributed by atoms with van der Waals surface area (Å²) in [6.45, 7) is 7.45. The maximum atomic E-state index is 13.2. The lowest BCUT2D eigenvalue weighted by molar-refractivity contribution is -0.137. The van der Waals surface area contributed by atoms with Crippen LogP contribution in [0.4, 0.5) is 5.69 Å². The first-order chi connectivity index (χ1) is 15.3. The summed E-state index contributed by atoms with van der Waals surface area (Å²) < 4.78 is 27.7. The average Bonchev–Trinajstić information content (AvgIpc) is 2.81. The zero-order chi connectivity index (χ0) is 22.9. The van der Waals surface area contributed by atoms with E-state index in [0.29, 0.717) is 36.0 Å². The van der Waals surface area contributed by atoms with Crippen molar-refractivity contribution in [2.24, 2.45) is 5.92 Å². The van der Waals surface area contributed by atoms with Crippen LogP contribution in [0.5, 0.6) is 0 Å². The Bertz CT molecular complexity index is 1080. The van der Waals surface area contributed by atoms with Gasteiger partial charge >= 0.3 is 0 Å². The van der Waals surface area contributed by atoms with Crippen LogP contribution in [-0.2, 0) is 14.8 Å². The van der Waals surface area contributed by atoms with E-state index < -0.39 is 10.0 Å². The highest BCUT2D eigenvalue weighted by atomic mass is 35.5. The summed E-state index contributed by atoms with van der Waals surface area (Å²) in [5.74, 6) is -0.222. The van der Waals surface area contributed by atoms with Crippen molar-refractivity contribution in [2.75, 3.05) is 44.2 Å². The standard InChI is InChI=1S/C24H30ClN3O3S/c1-18-5-9-22(10-6-18)32(30,31)28-11-3-4-20(17-28)24(29)27-14-12-26(13-15-27)23-16-21(25)8-7-19(23)2/h5-10,16,20H,3-4,11-15,17H2,1-2H3. The Morgan fingerprint density at radius 3 is 2.34 bits per heavy atom. The summed E-state index contributed by atoms with van der Waals surface area (Å²) in [6, 6.07) is 12.8. The maximum Gasteiger partial charge on any atom is 0.243 e. The van der Waals surface area contributed by atoms with E-state index in [1.807, 2.05) is 30.0 Å². The van der Waals surface area contributed by atoms with E-state index >= 15 is 0 Å². The number of benzene rings is 2. The zero-order valence-corrected chi connectivity index (χ0v) is 20.2. The number of carbonyl (C=O) groups excluding carboxylic acids is 1. The summed E-state index contributed by atoms with van der Waals surface area (Å²) in [5.41, 5.74) is 3.29. The molecule has 2 aliphatic heterocycles. The number of hydrogen-bond acceptors (Lipinski definition) is 4. The summed E-state index contributed by atoms with van der Waals surface area (Å²) >= 11 is 6.17. The average molecular weight is 476 g/mol. The van der Waals surface area contributed by atoms with Gasteiger partial charge in [0.1, 0.15) is 0 Å². The third kappa shape index (κ3) is 4.80. The van der Waals surface area contributed by atoms with Gasteiger partial charge in [-0.3, -0.25) is 4.79 Å². The quantitative estimate of drug-likeness (QED) is 0.676. The molecule has 4 rings (SSSR count). The molecule has 6 nitrogen and oxygen atoms in total. The molecule has 1 unspecified atom stereocenters. The number of sulfonamides is 1. The minimum absolute atomic E-state index is 0.0660. The van der Waals surface area contributed by atoms with Gasteiger partial charge in [0, 0.05) is 50.0 Å². The van der Waals surface area contributed by atoms with Crippen LogP contribution in [0.25, 0.3) is 0 Å². The number of piperidine rings is 1. The molecule has 0 bridgehead atoms. The number of hydrogen-bond donors (Lipinski definition) is 0. The lowest BCUT2D eigenvalue weighted by Crippen LogP contribution is -2.53. The Morgan fingerprint density at radius 2 is 1.66 bits per heavy atom. The normalized spacial score (nSPS) is 20.4. The van der Waals surface area contributed by atoms with Crippen molar-refractivity contribution < 1.29 is 13.2 Å². The van der Waals surface area contributed by atoms with Gasteiger partial charge in [-0.2, -0.15) is 4.31 Å². The lowest BCUT2D eigenvalue weighted by Gasteiger charge is -2.40. The molecular formula is C24H30ClN3O3S. The fourth-order valence-corrected chi connectivity index (χ4v) is 6.26. The number of nitrogens with zero attached hydrogens (tertiary/aromatic N) is 3. The molecule has 172 valence electrons. The molecule has 32 heavy (non-hydrogen) atoms. The Kier molecular flexibility index (Phi) is 6.79. The van der Waals surface area contributed by atoms with Gasteiger partial charge in [0.15, 0.2) is 0 Å². The fraction of sp³-hybridized carbons (Fsp3) is 0.458. The highest BCUT2D eigenvalue weighted by molar-refractivity contribution is 7.89. The second-order valence-corrected chi connectivity index (χ2v) is 11.1. The molecule has 2 heterocycles. The number of amides is 1. The summed E-state index contributed by atoms with van der Waals surface area (Å²) in [4.78, 5) is 17.7. The minimum Gasteiger partial charge on any atom is -0.368 e. The van der Waals surface area contributed by atoms with Gasteiger partial charge in [-0.25, -0.2) is 8.42 Å². The number of anilines is 1. The van der Waals surface area contributed by atoms with Crippen molar-refractivity contribution in [3.8, 4) is 0 Å². The van der Waals surface area contributed by atoms with E-state index in [0.717, 1.165) is 30.8 Å². The molecule has 2 aliphatic rings. The lowest BCUT2D eigenvalue weighted by atomic mass is 9.97. The van der Waals surface area contributed by atoms with E-state index in [1.54, 1.807) is 24.3 Å². The van der Waals surface area contributed by atoms with Crippen molar-refractivity contribution >= 4 is 33.2 Å². The Hall–Kier alpha value is -2.09. The number of halogens is 1. The highest BCUT2D eigenvalue weighted by Crippen LogP contribution is 2.28. The van der Waals surface area contributed by atoms with Gasteiger partial charge in [0.05, 0.1) is 10.8 Å². The Balaban J connectivity index is 1.39. The second-order valence-electron chi connectivity index (χ2n) is 8.76. The fourth-order valence-electron chi connectivity index (χ4n) is 4.57.